The van der Waals surface area contributed by atoms with Gasteiger partial charge in [0, 0.05) is 6.04 Å². The van der Waals surface area contributed by atoms with E-state index in [0.717, 1.165) is 12.6 Å². The molecule has 0 aromatic carbocycles. The molecule has 0 amide bonds. The summed E-state index contributed by atoms with van der Waals surface area (Å²) in [6.07, 6.45) is 12.5. The lowest BCUT2D eigenvalue weighted by atomic mass is 9.99. The van der Waals surface area contributed by atoms with Crippen LogP contribution in [-0.4, -0.2) is 30.6 Å². The summed E-state index contributed by atoms with van der Waals surface area (Å²) >= 11 is 0. The molecule has 1 aliphatic rings. The highest BCUT2D eigenvalue weighted by atomic mass is 15.2. The number of hydrogen-bond acceptors (Lipinski definition) is 2. The van der Waals surface area contributed by atoms with Crippen molar-refractivity contribution >= 4 is 0 Å². The number of nitrogens with zero attached hydrogens (tertiary/aromatic N) is 1. The van der Waals surface area contributed by atoms with E-state index in [-0.39, 0.29) is 0 Å². The van der Waals surface area contributed by atoms with E-state index in [1.54, 1.807) is 0 Å². The van der Waals surface area contributed by atoms with Crippen molar-refractivity contribution in [2.24, 2.45) is 5.73 Å². The fourth-order valence-corrected chi connectivity index (χ4v) is 2.65. The standard InChI is InChI=1S/C14H28N2/c1-2-3-4-5-7-12-16-13-8-6-9-14(16)10-11-15/h2,14H,1,3-13,15H2. The molecule has 0 radical (unpaired) electrons. The van der Waals surface area contributed by atoms with Crippen LogP contribution in [0.5, 0.6) is 0 Å². The SMILES string of the molecule is C=CCCCCCN1CCCCC1CCN. The quantitative estimate of drug-likeness (QED) is 0.507. The summed E-state index contributed by atoms with van der Waals surface area (Å²) in [6, 6.07) is 0.776. The van der Waals surface area contributed by atoms with E-state index in [1.165, 1.54) is 64.5 Å². The average Bonchev–Trinajstić information content (AvgIpc) is 2.31. The van der Waals surface area contributed by atoms with Gasteiger partial charge in [-0.05, 0) is 58.2 Å². The van der Waals surface area contributed by atoms with Crippen LogP contribution in [-0.2, 0) is 0 Å². The average molecular weight is 224 g/mol. The molecule has 1 aliphatic heterocycles. The smallest absolute Gasteiger partial charge is 0.0107 e. The lowest BCUT2D eigenvalue weighted by Crippen LogP contribution is -2.41. The topological polar surface area (TPSA) is 29.3 Å². The van der Waals surface area contributed by atoms with E-state index in [1.807, 2.05) is 6.08 Å². The van der Waals surface area contributed by atoms with Crippen LogP contribution in [0.4, 0.5) is 0 Å². The molecule has 1 heterocycles. The number of rotatable bonds is 8. The number of unbranched alkanes of at least 4 members (excludes halogenated alkanes) is 3. The third-order valence-electron chi connectivity index (χ3n) is 3.60. The van der Waals surface area contributed by atoms with Gasteiger partial charge in [0.25, 0.3) is 0 Å². The Bertz CT molecular complexity index is 178. The molecule has 1 saturated heterocycles. The summed E-state index contributed by atoms with van der Waals surface area (Å²) in [5.74, 6) is 0. The molecule has 1 fully saturated rings. The molecule has 2 nitrogen and oxygen atoms in total. The minimum Gasteiger partial charge on any atom is -0.330 e. The largest absolute Gasteiger partial charge is 0.330 e. The second-order valence-corrected chi connectivity index (χ2v) is 4.90. The Morgan fingerprint density at radius 3 is 2.88 bits per heavy atom. The summed E-state index contributed by atoms with van der Waals surface area (Å²) in [5, 5.41) is 0. The molecule has 1 unspecified atom stereocenters. The van der Waals surface area contributed by atoms with Crippen molar-refractivity contribution < 1.29 is 0 Å². The molecule has 2 N–H and O–H groups in total. The van der Waals surface area contributed by atoms with Crippen LogP contribution in [0, 0.1) is 0 Å². The van der Waals surface area contributed by atoms with E-state index in [9.17, 15) is 0 Å². The van der Waals surface area contributed by atoms with Crippen molar-refractivity contribution in [1.82, 2.24) is 4.90 Å². The number of piperidine rings is 1. The molecule has 0 aromatic heterocycles. The molecule has 0 saturated carbocycles. The summed E-state index contributed by atoms with van der Waals surface area (Å²) in [4.78, 5) is 2.67. The molecule has 0 aliphatic carbocycles. The molecular formula is C14H28N2. The van der Waals surface area contributed by atoms with Crippen LogP contribution in [0.15, 0.2) is 12.7 Å². The first kappa shape index (κ1) is 13.7. The molecule has 1 rings (SSSR count). The van der Waals surface area contributed by atoms with Gasteiger partial charge >= 0.3 is 0 Å². The van der Waals surface area contributed by atoms with Crippen molar-refractivity contribution in [1.29, 1.82) is 0 Å². The van der Waals surface area contributed by atoms with Gasteiger partial charge in [0.05, 0.1) is 0 Å². The van der Waals surface area contributed by atoms with Gasteiger partial charge in [-0.1, -0.05) is 18.9 Å². The van der Waals surface area contributed by atoms with Gasteiger partial charge in [-0.25, -0.2) is 0 Å². The van der Waals surface area contributed by atoms with Crippen LogP contribution < -0.4 is 5.73 Å². The van der Waals surface area contributed by atoms with Crippen molar-refractivity contribution in [3.63, 3.8) is 0 Å². The number of hydrogen-bond donors (Lipinski definition) is 1. The molecule has 94 valence electrons. The van der Waals surface area contributed by atoms with E-state index in [2.05, 4.69) is 11.5 Å². The first-order valence-corrected chi connectivity index (χ1v) is 6.93. The second-order valence-electron chi connectivity index (χ2n) is 4.90. The lowest BCUT2D eigenvalue weighted by molar-refractivity contribution is 0.139. The minimum atomic E-state index is 0.776. The van der Waals surface area contributed by atoms with Crippen molar-refractivity contribution in [2.75, 3.05) is 19.6 Å². The van der Waals surface area contributed by atoms with E-state index in [4.69, 9.17) is 5.73 Å². The number of likely N-dealkylation sites (tertiary alicyclic amines) is 1. The fraction of sp³-hybridized carbons (Fsp3) is 0.857. The first-order chi connectivity index (χ1) is 7.88. The van der Waals surface area contributed by atoms with Crippen molar-refractivity contribution in [2.45, 2.75) is 57.4 Å². The third-order valence-corrected chi connectivity index (χ3v) is 3.60. The molecule has 1 atom stereocenters. The Hall–Kier alpha value is -0.340. The summed E-state index contributed by atoms with van der Waals surface area (Å²) in [6.45, 7) is 7.18. The highest BCUT2D eigenvalue weighted by molar-refractivity contribution is 4.77. The van der Waals surface area contributed by atoms with E-state index in [0.29, 0.717) is 0 Å². The Morgan fingerprint density at radius 1 is 1.25 bits per heavy atom. The molecule has 0 spiro atoms. The zero-order chi connectivity index (χ0) is 11.6. The highest BCUT2D eigenvalue weighted by Crippen LogP contribution is 2.19. The minimum absolute atomic E-state index is 0.776. The van der Waals surface area contributed by atoms with E-state index < -0.39 is 0 Å². The first-order valence-electron chi connectivity index (χ1n) is 6.93. The molecular weight excluding hydrogens is 196 g/mol. The maximum atomic E-state index is 5.68. The van der Waals surface area contributed by atoms with Gasteiger partial charge in [0.2, 0.25) is 0 Å². The fourth-order valence-electron chi connectivity index (χ4n) is 2.65. The maximum Gasteiger partial charge on any atom is 0.0107 e. The molecule has 0 bridgehead atoms. The van der Waals surface area contributed by atoms with Gasteiger partial charge in [0.15, 0.2) is 0 Å². The van der Waals surface area contributed by atoms with Crippen LogP contribution in [0.3, 0.4) is 0 Å². The monoisotopic (exact) mass is 224 g/mol. The Labute approximate surface area is 101 Å². The molecule has 2 heteroatoms. The van der Waals surface area contributed by atoms with Gasteiger partial charge in [-0.2, -0.15) is 0 Å². The van der Waals surface area contributed by atoms with Crippen LogP contribution in [0.2, 0.25) is 0 Å². The number of nitrogens with two attached hydrogens (primary N) is 1. The highest BCUT2D eigenvalue weighted by Gasteiger charge is 2.20. The predicted molar refractivity (Wildman–Crippen MR) is 71.5 cm³/mol. The van der Waals surface area contributed by atoms with E-state index >= 15 is 0 Å². The van der Waals surface area contributed by atoms with Crippen molar-refractivity contribution in [3.05, 3.63) is 12.7 Å². The Morgan fingerprint density at radius 2 is 2.12 bits per heavy atom. The van der Waals surface area contributed by atoms with Crippen LogP contribution in [0.1, 0.15) is 51.4 Å². The normalized spacial score (nSPS) is 22.2. The lowest BCUT2D eigenvalue weighted by Gasteiger charge is -2.35. The summed E-state index contributed by atoms with van der Waals surface area (Å²) in [5.41, 5.74) is 5.68. The third kappa shape index (κ3) is 5.13. The van der Waals surface area contributed by atoms with Gasteiger partial charge < -0.3 is 10.6 Å². The molecule has 16 heavy (non-hydrogen) atoms. The van der Waals surface area contributed by atoms with Gasteiger partial charge in [-0.3, -0.25) is 0 Å². The van der Waals surface area contributed by atoms with Crippen LogP contribution >= 0.6 is 0 Å². The maximum absolute atomic E-state index is 5.68. The Kier molecular flexibility index (Phi) is 7.52. The summed E-state index contributed by atoms with van der Waals surface area (Å²) in [7, 11) is 0. The van der Waals surface area contributed by atoms with Gasteiger partial charge in [-0.15, -0.1) is 6.58 Å². The summed E-state index contributed by atoms with van der Waals surface area (Å²) < 4.78 is 0. The molecule has 0 aromatic rings. The zero-order valence-corrected chi connectivity index (χ0v) is 10.7. The number of allylic oxidation sites excluding steroid dienone is 1. The van der Waals surface area contributed by atoms with Crippen LogP contribution in [0.25, 0.3) is 0 Å². The van der Waals surface area contributed by atoms with Gasteiger partial charge in [0.1, 0.15) is 0 Å². The Balaban J connectivity index is 2.13. The second kappa shape index (κ2) is 8.77. The predicted octanol–water partition coefficient (Wildman–Crippen LogP) is 2.94. The zero-order valence-electron chi connectivity index (χ0n) is 10.7. The van der Waals surface area contributed by atoms with Crippen molar-refractivity contribution in [3.8, 4) is 0 Å².